The van der Waals surface area contributed by atoms with E-state index in [9.17, 15) is 4.79 Å². The summed E-state index contributed by atoms with van der Waals surface area (Å²) in [5.74, 6) is 5.68. The van der Waals surface area contributed by atoms with Gasteiger partial charge in [-0.15, -0.1) is 11.3 Å². The smallest absolute Gasteiger partial charge is 0.261 e. The van der Waals surface area contributed by atoms with Gasteiger partial charge in [0.05, 0.1) is 16.3 Å². The highest BCUT2D eigenvalue weighted by Crippen LogP contribution is 2.15. The first kappa shape index (κ1) is 13.8. The number of amides is 1. The lowest BCUT2D eigenvalue weighted by molar-refractivity contribution is 0.0942. The van der Waals surface area contributed by atoms with Crippen LogP contribution in [0.15, 0.2) is 12.1 Å². The summed E-state index contributed by atoms with van der Waals surface area (Å²) in [7, 11) is 0. The van der Waals surface area contributed by atoms with Crippen molar-refractivity contribution in [2.45, 2.75) is 32.7 Å². The van der Waals surface area contributed by atoms with Crippen LogP contribution in [0.1, 0.15) is 41.2 Å². The molecule has 0 fully saturated rings. The van der Waals surface area contributed by atoms with Crippen LogP contribution in [0.3, 0.4) is 0 Å². The lowest BCUT2D eigenvalue weighted by Gasteiger charge is -2.11. The van der Waals surface area contributed by atoms with Gasteiger partial charge in [0.15, 0.2) is 0 Å². The number of thiophene rings is 1. The molecule has 3 N–H and O–H groups in total. The Labute approximate surface area is 106 Å². The van der Waals surface area contributed by atoms with Crippen LogP contribution >= 0.6 is 11.3 Å². The van der Waals surface area contributed by atoms with Crippen LogP contribution in [0.5, 0.6) is 0 Å². The fraction of sp³-hybridized carbons (Fsp3) is 0.462. The summed E-state index contributed by atoms with van der Waals surface area (Å²) in [6, 6.07) is 3.87. The Morgan fingerprint density at radius 3 is 3.00 bits per heavy atom. The molecule has 0 aliphatic carbocycles. The Kier molecular flexibility index (Phi) is 5.75. The molecule has 17 heavy (non-hydrogen) atoms. The molecule has 1 heterocycles. The quantitative estimate of drug-likeness (QED) is 0.803. The van der Waals surface area contributed by atoms with Gasteiger partial charge in [0.1, 0.15) is 0 Å². The van der Waals surface area contributed by atoms with Crippen molar-refractivity contribution in [1.29, 1.82) is 0 Å². The third-order valence-corrected chi connectivity index (χ3v) is 3.24. The first-order valence-corrected chi connectivity index (χ1v) is 6.58. The molecule has 0 radical (unpaired) electrons. The fourth-order valence-corrected chi connectivity index (χ4v) is 2.25. The van der Waals surface area contributed by atoms with Gasteiger partial charge in [0.2, 0.25) is 0 Å². The van der Waals surface area contributed by atoms with Crippen LogP contribution in [0.2, 0.25) is 0 Å². The second kappa shape index (κ2) is 7.10. The normalized spacial score (nSPS) is 11.5. The summed E-state index contributed by atoms with van der Waals surface area (Å²) >= 11 is 1.40. The van der Waals surface area contributed by atoms with Crippen molar-refractivity contribution < 1.29 is 4.79 Å². The zero-order chi connectivity index (χ0) is 12.7. The summed E-state index contributed by atoms with van der Waals surface area (Å²) in [4.78, 5) is 13.4. The van der Waals surface area contributed by atoms with Crippen LogP contribution in [0.25, 0.3) is 0 Å². The maximum atomic E-state index is 11.8. The lowest BCUT2D eigenvalue weighted by Crippen LogP contribution is -2.31. The Morgan fingerprint density at radius 2 is 2.35 bits per heavy atom. The van der Waals surface area contributed by atoms with Crippen molar-refractivity contribution in [2.24, 2.45) is 5.73 Å². The minimum absolute atomic E-state index is 0.0169. The van der Waals surface area contributed by atoms with E-state index in [2.05, 4.69) is 24.1 Å². The number of hydrogen-bond acceptors (Lipinski definition) is 3. The van der Waals surface area contributed by atoms with Gasteiger partial charge >= 0.3 is 0 Å². The maximum absolute atomic E-state index is 11.8. The Hall–Kier alpha value is -1.31. The zero-order valence-electron chi connectivity index (χ0n) is 10.2. The molecule has 0 saturated carbocycles. The maximum Gasteiger partial charge on any atom is 0.261 e. The van der Waals surface area contributed by atoms with E-state index in [1.165, 1.54) is 11.3 Å². The van der Waals surface area contributed by atoms with Crippen molar-refractivity contribution >= 4 is 17.2 Å². The highest BCUT2D eigenvalue weighted by Gasteiger charge is 2.10. The standard InChI is InChI=1S/C13H18N2OS/c1-3-5-10(2)15-13(16)12-8-7-11(17-12)6-4-9-14/h7-8,10H,3,5,9,14H2,1-2H3,(H,15,16). The van der Waals surface area contributed by atoms with Gasteiger partial charge in [-0.1, -0.05) is 25.2 Å². The zero-order valence-corrected chi connectivity index (χ0v) is 11.1. The van der Waals surface area contributed by atoms with E-state index in [0.717, 1.165) is 17.7 Å². The van der Waals surface area contributed by atoms with Crippen LogP contribution in [0.4, 0.5) is 0 Å². The van der Waals surface area contributed by atoms with Gasteiger partial charge < -0.3 is 11.1 Å². The second-order valence-corrected chi connectivity index (χ2v) is 4.92. The summed E-state index contributed by atoms with van der Waals surface area (Å²) in [6.45, 7) is 4.46. The molecule has 1 atom stereocenters. The second-order valence-electron chi connectivity index (χ2n) is 3.83. The molecule has 1 rings (SSSR count). The Morgan fingerprint density at radius 1 is 1.59 bits per heavy atom. The van der Waals surface area contributed by atoms with Crippen molar-refractivity contribution in [3.8, 4) is 11.8 Å². The van der Waals surface area contributed by atoms with Gasteiger partial charge in [-0.05, 0) is 25.5 Å². The number of carbonyl (C=O) groups excluding carboxylic acids is 1. The molecule has 4 heteroatoms. The predicted molar refractivity (Wildman–Crippen MR) is 72.1 cm³/mol. The predicted octanol–water partition coefficient (Wildman–Crippen LogP) is 1.98. The summed E-state index contributed by atoms with van der Waals surface area (Å²) < 4.78 is 0. The molecule has 1 unspecified atom stereocenters. The molecular formula is C13H18N2OS. The molecule has 1 amide bonds. The van der Waals surface area contributed by atoms with Crippen LogP contribution < -0.4 is 11.1 Å². The average molecular weight is 250 g/mol. The van der Waals surface area contributed by atoms with E-state index in [1.54, 1.807) is 6.07 Å². The topological polar surface area (TPSA) is 55.1 Å². The van der Waals surface area contributed by atoms with Gasteiger partial charge in [-0.3, -0.25) is 4.79 Å². The van der Waals surface area contributed by atoms with Crippen molar-refractivity contribution in [3.63, 3.8) is 0 Å². The molecule has 0 spiro atoms. The summed E-state index contributed by atoms with van der Waals surface area (Å²) in [6.07, 6.45) is 2.07. The van der Waals surface area contributed by atoms with Crippen LogP contribution in [-0.2, 0) is 0 Å². The van der Waals surface area contributed by atoms with E-state index < -0.39 is 0 Å². The van der Waals surface area contributed by atoms with Crippen LogP contribution in [-0.4, -0.2) is 18.5 Å². The highest BCUT2D eigenvalue weighted by atomic mass is 32.1. The van der Waals surface area contributed by atoms with Crippen molar-refractivity contribution in [1.82, 2.24) is 5.32 Å². The Balaban J connectivity index is 2.60. The molecule has 0 saturated heterocycles. The van der Waals surface area contributed by atoms with E-state index in [1.807, 2.05) is 13.0 Å². The molecule has 92 valence electrons. The number of nitrogens with one attached hydrogen (secondary N) is 1. The monoisotopic (exact) mass is 250 g/mol. The molecule has 0 bridgehead atoms. The summed E-state index contributed by atoms with van der Waals surface area (Å²) in [5, 5.41) is 2.97. The number of hydrogen-bond donors (Lipinski definition) is 2. The number of carbonyl (C=O) groups is 1. The van der Waals surface area contributed by atoms with Gasteiger partial charge in [-0.2, -0.15) is 0 Å². The molecule has 0 aliphatic rings. The first-order valence-electron chi connectivity index (χ1n) is 5.77. The Bertz CT molecular complexity index is 428. The van der Waals surface area contributed by atoms with E-state index >= 15 is 0 Å². The van der Waals surface area contributed by atoms with Crippen LogP contribution in [0, 0.1) is 11.8 Å². The van der Waals surface area contributed by atoms with E-state index in [-0.39, 0.29) is 11.9 Å². The first-order chi connectivity index (χ1) is 8.17. The minimum Gasteiger partial charge on any atom is -0.349 e. The third kappa shape index (κ3) is 4.59. The largest absolute Gasteiger partial charge is 0.349 e. The lowest BCUT2D eigenvalue weighted by atomic mass is 10.2. The minimum atomic E-state index is -0.0169. The third-order valence-electron chi connectivity index (χ3n) is 2.24. The molecule has 0 aliphatic heterocycles. The van der Waals surface area contributed by atoms with Crippen molar-refractivity contribution in [3.05, 3.63) is 21.9 Å². The summed E-state index contributed by atoms with van der Waals surface area (Å²) in [5.41, 5.74) is 5.29. The molecular weight excluding hydrogens is 232 g/mol. The number of nitrogens with two attached hydrogens (primary N) is 1. The molecule has 0 aromatic carbocycles. The number of rotatable bonds is 4. The molecule has 1 aromatic rings. The highest BCUT2D eigenvalue weighted by molar-refractivity contribution is 7.14. The van der Waals surface area contributed by atoms with Crippen molar-refractivity contribution in [2.75, 3.05) is 6.54 Å². The van der Waals surface area contributed by atoms with E-state index in [0.29, 0.717) is 11.4 Å². The van der Waals surface area contributed by atoms with Gasteiger partial charge in [0, 0.05) is 6.04 Å². The van der Waals surface area contributed by atoms with Gasteiger partial charge in [-0.25, -0.2) is 0 Å². The average Bonchev–Trinajstić information content (AvgIpc) is 2.75. The van der Waals surface area contributed by atoms with E-state index in [4.69, 9.17) is 5.73 Å². The molecule has 1 aromatic heterocycles. The molecule has 3 nitrogen and oxygen atoms in total. The fourth-order valence-electron chi connectivity index (χ4n) is 1.47. The SMILES string of the molecule is CCCC(C)NC(=O)c1ccc(C#CCN)s1. The van der Waals surface area contributed by atoms with Gasteiger partial charge in [0.25, 0.3) is 5.91 Å².